The Bertz CT molecular complexity index is 312. The summed E-state index contributed by atoms with van der Waals surface area (Å²) in [5.41, 5.74) is 5.31. The fourth-order valence-electron chi connectivity index (χ4n) is 2.32. The first kappa shape index (κ1) is 11.4. The maximum absolute atomic E-state index is 12.3. The average molecular weight is 225 g/mol. The molecule has 0 radical (unpaired) electrons. The molecule has 1 aliphatic carbocycles. The SMILES string of the molecule is CCC1C(=O)NCCN1C(=O)C1(CN)CC1. The largest absolute Gasteiger partial charge is 0.353 e. The summed E-state index contributed by atoms with van der Waals surface area (Å²) < 4.78 is 0. The second-order valence-corrected chi connectivity index (χ2v) is 4.70. The number of piperazine rings is 1. The molecule has 0 spiro atoms. The van der Waals surface area contributed by atoms with E-state index in [0.29, 0.717) is 26.1 Å². The molecule has 1 unspecified atom stereocenters. The van der Waals surface area contributed by atoms with Crippen LogP contribution in [0.4, 0.5) is 0 Å². The number of nitrogens with one attached hydrogen (secondary N) is 1. The molecule has 16 heavy (non-hydrogen) atoms. The monoisotopic (exact) mass is 225 g/mol. The van der Waals surface area contributed by atoms with E-state index in [1.54, 1.807) is 4.90 Å². The van der Waals surface area contributed by atoms with Crippen LogP contribution in [0.2, 0.25) is 0 Å². The lowest BCUT2D eigenvalue weighted by Crippen LogP contribution is -2.59. The minimum atomic E-state index is -0.342. The number of nitrogens with zero attached hydrogens (tertiary/aromatic N) is 1. The third-order valence-electron chi connectivity index (χ3n) is 3.68. The lowest BCUT2D eigenvalue weighted by Gasteiger charge is -2.36. The van der Waals surface area contributed by atoms with Gasteiger partial charge in [-0.05, 0) is 19.3 Å². The van der Waals surface area contributed by atoms with Crippen molar-refractivity contribution in [3.05, 3.63) is 0 Å². The van der Waals surface area contributed by atoms with Gasteiger partial charge in [0.15, 0.2) is 0 Å². The Morgan fingerprint density at radius 3 is 2.81 bits per heavy atom. The fraction of sp³-hybridized carbons (Fsp3) is 0.818. The highest BCUT2D eigenvalue weighted by Crippen LogP contribution is 2.46. The van der Waals surface area contributed by atoms with E-state index in [1.807, 2.05) is 6.92 Å². The Labute approximate surface area is 95.3 Å². The molecule has 1 atom stereocenters. The highest BCUT2D eigenvalue weighted by Gasteiger charge is 2.52. The van der Waals surface area contributed by atoms with E-state index in [0.717, 1.165) is 12.8 Å². The van der Waals surface area contributed by atoms with Crippen molar-refractivity contribution in [3.63, 3.8) is 0 Å². The van der Waals surface area contributed by atoms with Gasteiger partial charge < -0.3 is 16.0 Å². The molecule has 2 fully saturated rings. The van der Waals surface area contributed by atoms with Gasteiger partial charge in [-0.2, -0.15) is 0 Å². The van der Waals surface area contributed by atoms with Gasteiger partial charge >= 0.3 is 0 Å². The third-order valence-corrected chi connectivity index (χ3v) is 3.68. The van der Waals surface area contributed by atoms with E-state index >= 15 is 0 Å². The molecule has 2 rings (SSSR count). The normalized spacial score (nSPS) is 27.5. The molecule has 90 valence electrons. The van der Waals surface area contributed by atoms with Crippen LogP contribution in [0, 0.1) is 5.41 Å². The molecule has 0 aromatic heterocycles. The van der Waals surface area contributed by atoms with Crippen molar-refractivity contribution < 1.29 is 9.59 Å². The lowest BCUT2D eigenvalue weighted by molar-refractivity contribution is -0.147. The maximum Gasteiger partial charge on any atom is 0.242 e. The maximum atomic E-state index is 12.3. The summed E-state index contributed by atoms with van der Waals surface area (Å²) >= 11 is 0. The predicted octanol–water partition coefficient (Wildman–Crippen LogP) is -0.538. The van der Waals surface area contributed by atoms with Crippen LogP contribution >= 0.6 is 0 Å². The highest BCUT2D eigenvalue weighted by atomic mass is 16.2. The van der Waals surface area contributed by atoms with E-state index in [9.17, 15) is 9.59 Å². The zero-order valence-electron chi connectivity index (χ0n) is 9.66. The van der Waals surface area contributed by atoms with Crippen LogP contribution in [0.1, 0.15) is 26.2 Å². The second kappa shape index (κ2) is 4.05. The van der Waals surface area contributed by atoms with E-state index < -0.39 is 0 Å². The number of carbonyl (C=O) groups is 2. The smallest absolute Gasteiger partial charge is 0.242 e. The second-order valence-electron chi connectivity index (χ2n) is 4.70. The predicted molar refractivity (Wildman–Crippen MR) is 59.5 cm³/mol. The number of carbonyl (C=O) groups excluding carboxylic acids is 2. The van der Waals surface area contributed by atoms with Crippen molar-refractivity contribution in [3.8, 4) is 0 Å². The summed E-state index contributed by atoms with van der Waals surface area (Å²) in [5.74, 6) is 0.0478. The summed E-state index contributed by atoms with van der Waals surface area (Å²) in [7, 11) is 0. The summed E-state index contributed by atoms with van der Waals surface area (Å²) in [5, 5.41) is 2.79. The van der Waals surface area contributed by atoms with Crippen LogP contribution in [0.5, 0.6) is 0 Å². The van der Waals surface area contributed by atoms with Crippen LogP contribution in [0.25, 0.3) is 0 Å². The van der Waals surface area contributed by atoms with Crippen molar-refractivity contribution >= 4 is 11.8 Å². The van der Waals surface area contributed by atoms with Gasteiger partial charge in [-0.3, -0.25) is 9.59 Å². The Morgan fingerprint density at radius 1 is 1.62 bits per heavy atom. The quantitative estimate of drug-likeness (QED) is 0.677. The van der Waals surface area contributed by atoms with Crippen molar-refractivity contribution in [2.45, 2.75) is 32.2 Å². The Morgan fingerprint density at radius 2 is 2.31 bits per heavy atom. The van der Waals surface area contributed by atoms with Gasteiger partial charge in [0.05, 0.1) is 5.41 Å². The minimum Gasteiger partial charge on any atom is -0.353 e. The summed E-state index contributed by atoms with van der Waals surface area (Å²) in [6, 6.07) is -0.301. The number of hydrogen-bond donors (Lipinski definition) is 2. The Kier molecular flexibility index (Phi) is 2.88. The molecule has 5 nitrogen and oxygen atoms in total. The molecule has 0 bridgehead atoms. The van der Waals surface area contributed by atoms with Gasteiger partial charge in [-0.25, -0.2) is 0 Å². The van der Waals surface area contributed by atoms with Gasteiger partial charge in [0.1, 0.15) is 6.04 Å². The Balaban J connectivity index is 2.12. The summed E-state index contributed by atoms with van der Waals surface area (Å²) in [4.78, 5) is 25.7. The first-order valence-corrected chi connectivity index (χ1v) is 5.93. The lowest BCUT2D eigenvalue weighted by atomic mass is 10.0. The zero-order valence-corrected chi connectivity index (χ0v) is 9.66. The minimum absolute atomic E-state index is 0.0325. The van der Waals surface area contributed by atoms with Crippen molar-refractivity contribution in [1.29, 1.82) is 0 Å². The number of nitrogens with two attached hydrogens (primary N) is 1. The molecule has 0 aromatic carbocycles. The fourth-order valence-corrected chi connectivity index (χ4v) is 2.32. The van der Waals surface area contributed by atoms with Gasteiger partial charge in [-0.15, -0.1) is 0 Å². The van der Waals surface area contributed by atoms with Crippen LogP contribution in [0.3, 0.4) is 0 Å². The standard InChI is InChI=1S/C11H19N3O2/c1-2-8-9(15)13-5-6-14(8)10(16)11(7-12)3-4-11/h8H,2-7,12H2,1H3,(H,13,15). The molecule has 1 aliphatic heterocycles. The molecule has 0 aromatic rings. The van der Waals surface area contributed by atoms with Crippen molar-refractivity contribution in [1.82, 2.24) is 10.2 Å². The van der Waals surface area contributed by atoms with Crippen molar-refractivity contribution in [2.75, 3.05) is 19.6 Å². The van der Waals surface area contributed by atoms with Crippen LogP contribution in [-0.4, -0.2) is 42.4 Å². The Hall–Kier alpha value is -1.10. The van der Waals surface area contributed by atoms with Crippen LogP contribution in [0.15, 0.2) is 0 Å². The number of amides is 2. The van der Waals surface area contributed by atoms with Crippen LogP contribution in [-0.2, 0) is 9.59 Å². The van der Waals surface area contributed by atoms with Crippen molar-refractivity contribution in [2.24, 2.45) is 11.1 Å². The van der Waals surface area contributed by atoms with Gasteiger partial charge in [-0.1, -0.05) is 6.92 Å². The molecule has 3 N–H and O–H groups in total. The van der Waals surface area contributed by atoms with Gasteiger partial charge in [0.25, 0.3) is 0 Å². The first-order chi connectivity index (χ1) is 7.64. The molecule has 2 amide bonds. The summed E-state index contributed by atoms with van der Waals surface area (Å²) in [6.07, 6.45) is 2.41. The topological polar surface area (TPSA) is 75.4 Å². The summed E-state index contributed by atoms with van der Waals surface area (Å²) in [6.45, 7) is 3.50. The average Bonchev–Trinajstić information content (AvgIpc) is 3.08. The molecular formula is C11H19N3O2. The third kappa shape index (κ3) is 1.69. The van der Waals surface area contributed by atoms with E-state index in [1.165, 1.54) is 0 Å². The molecule has 1 saturated heterocycles. The van der Waals surface area contributed by atoms with Gasteiger partial charge in [0, 0.05) is 19.6 Å². The van der Waals surface area contributed by atoms with Crippen LogP contribution < -0.4 is 11.1 Å². The molecule has 2 aliphatic rings. The number of hydrogen-bond acceptors (Lipinski definition) is 3. The number of rotatable bonds is 3. The van der Waals surface area contributed by atoms with E-state index in [2.05, 4.69) is 5.32 Å². The molecular weight excluding hydrogens is 206 g/mol. The van der Waals surface area contributed by atoms with E-state index in [4.69, 9.17) is 5.73 Å². The molecule has 5 heteroatoms. The molecule has 1 heterocycles. The first-order valence-electron chi connectivity index (χ1n) is 5.93. The molecule has 1 saturated carbocycles. The van der Waals surface area contributed by atoms with Gasteiger partial charge in [0.2, 0.25) is 11.8 Å². The highest BCUT2D eigenvalue weighted by molar-refractivity contribution is 5.92. The zero-order chi connectivity index (χ0) is 11.8. The van der Waals surface area contributed by atoms with E-state index in [-0.39, 0.29) is 23.3 Å².